The fraction of sp³-hybridized carbons (Fsp3) is 0. The fourth-order valence-electron chi connectivity index (χ4n) is 9.46. The van der Waals surface area contributed by atoms with Gasteiger partial charge < -0.3 is 8.98 Å². The average Bonchev–Trinajstić information content (AvgIpc) is 3.94. The molecule has 0 saturated carbocycles. The average molecular weight is 727 g/mol. The Morgan fingerprint density at radius 1 is 0.386 bits per heavy atom. The molecule has 0 radical (unpaired) electrons. The predicted molar refractivity (Wildman–Crippen MR) is 236 cm³/mol. The van der Waals surface area contributed by atoms with E-state index in [0.29, 0.717) is 5.95 Å². The number of fused-ring (bicyclic) bond motifs is 15. The second-order valence-corrected chi connectivity index (χ2v) is 14.9. The lowest BCUT2D eigenvalue weighted by Crippen LogP contribution is -2.04. The SMILES string of the molecule is c1ccc(-c2nc(-n3c4ccccc4c4c3ccc3c5c6oc7ccccc7c6ccc5n(-c5cccc6ccccc56)c34)nc3c2ccc2ccccc23)cc1. The third kappa shape index (κ3) is 4.17. The molecule has 0 atom stereocenters. The highest BCUT2D eigenvalue weighted by Gasteiger charge is 2.25. The van der Waals surface area contributed by atoms with Crippen LogP contribution in [0.4, 0.5) is 0 Å². The summed E-state index contributed by atoms with van der Waals surface area (Å²) in [6.45, 7) is 0. The van der Waals surface area contributed by atoms with E-state index in [1.807, 2.05) is 6.07 Å². The topological polar surface area (TPSA) is 48.8 Å². The van der Waals surface area contributed by atoms with Crippen molar-refractivity contribution in [1.82, 2.24) is 19.1 Å². The minimum atomic E-state index is 0.635. The standard InChI is InChI=1S/C52H30N4O/c1-2-15-33(16-3-1)48-40-26-25-32-14-5-7-19-35(32)49(40)54-52(53-48)56-42-22-10-8-21-38(42)46-43(56)30-28-39-47-44(29-27-37-36-20-9-11-24-45(36)57-51(37)47)55(50(39)46)41-23-12-17-31-13-4-6-18-34(31)41/h1-30H. The molecule has 4 aromatic heterocycles. The van der Waals surface area contributed by atoms with Gasteiger partial charge in [-0.2, -0.15) is 0 Å². The van der Waals surface area contributed by atoms with Crippen LogP contribution in [0.2, 0.25) is 0 Å². The van der Waals surface area contributed by atoms with Gasteiger partial charge >= 0.3 is 0 Å². The summed E-state index contributed by atoms with van der Waals surface area (Å²) in [5, 5.41) is 12.4. The molecule has 0 fully saturated rings. The van der Waals surface area contributed by atoms with Crippen LogP contribution in [0, 0.1) is 0 Å². The van der Waals surface area contributed by atoms with E-state index in [1.54, 1.807) is 0 Å². The van der Waals surface area contributed by atoms with Crippen molar-refractivity contribution < 1.29 is 4.42 Å². The first-order valence-corrected chi connectivity index (χ1v) is 19.3. The molecule has 13 rings (SSSR count). The van der Waals surface area contributed by atoms with Crippen molar-refractivity contribution in [1.29, 1.82) is 0 Å². The number of benzene rings is 9. The summed E-state index contributed by atoms with van der Waals surface area (Å²) < 4.78 is 11.5. The van der Waals surface area contributed by atoms with Crippen molar-refractivity contribution in [2.24, 2.45) is 0 Å². The Hall–Kier alpha value is -7.76. The van der Waals surface area contributed by atoms with E-state index in [4.69, 9.17) is 14.4 Å². The Kier molecular flexibility index (Phi) is 6.10. The minimum absolute atomic E-state index is 0.635. The number of hydrogen-bond acceptors (Lipinski definition) is 3. The number of hydrogen-bond donors (Lipinski definition) is 0. The summed E-state index contributed by atoms with van der Waals surface area (Å²) in [4.78, 5) is 10.9. The first kappa shape index (κ1) is 30.6. The van der Waals surface area contributed by atoms with Crippen LogP contribution in [0.5, 0.6) is 0 Å². The quantitative estimate of drug-likeness (QED) is 0.170. The summed E-state index contributed by atoms with van der Waals surface area (Å²) >= 11 is 0. The van der Waals surface area contributed by atoms with E-state index in [-0.39, 0.29) is 0 Å². The van der Waals surface area contributed by atoms with Crippen molar-refractivity contribution in [3.63, 3.8) is 0 Å². The van der Waals surface area contributed by atoms with Crippen molar-refractivity contribution in [2.75, 3.05) is 0 Å². The summed E-state index contributed by atoms with van der Waals surface area (Å²) in [5.41, 5.74) is 10.1. The highest BCUT2D eigenvalue weighted by Crippen LogP contribution is 2.46. The molecule has 5 heteroatoms. The van der Waals surface area contributed by atoms with Gasteiger partial charge in [-0.25, -0.2) is 9.97 Å². The molecular weight excluding hydrogens is 697 g/mol. The molecule has 264 valence electrons. The lowest BCUT2D eigenvalue weighted by Gasteiger charge is -2.14. The van der Waals surface area contributed by atoms with Crippen LogP contribution in [0.15, 0.2) is 186 Å². The zero-order valence-corrected chi connectivity index (χ0v) is 30.5. The lowest BCUT2D eigenvalue weighted by molar-refractivity contribution is 0.673. The maximum Gasteiger partial charge on any atom is 0.235 e. The molecule has 5 nitrogen and oxygen atoms in total. The molecule has 9 aromatic carbocycles. The molecule has 0 unspecified atom stereocenters. The van der Waals surface area contributed by atoms with Gasteiger partial charge in [0.2, 0.25) is 5.95 Å². The van der Waals surface area contributed by atoms with E-state index in [1.165, 1.54) is 10.8 Å². The summed E-state index contributed by atoms with van der Waals surface area (Å²) in [6, 6.07) is 64.6. The Morgan fingerprint density at radius 2 is 1.04 bits per heavy atom. The van der Waals surface area contributed by atoms with Gasteiger partial charge in [0.1, 0.15) is 11.2 Å². The Bertz CT molecular complexity index is 3810. The van der Waals surface area contributed by atoms with E-state index in [2.05, 4.69) is 185 Å². The van der Waals surface area contributed by atoms with Gasteiger partial charge in [-0.05, 0) is 59.3 Å². The molecule has 0 bridgehead atoms. The molecule has 0 aliphatic rings. The largest absolute Gasteiger partial charge is 0.455 e. The zero-order valence-electron chi connectivity index (χ0n) is 30.5. The van der Waals surface area contributed by atoms with Crippen LogP contribution in [0.25, 0.3) is 121 Å². The molecule has 0 aliphatic carbocycles. The van der Waals surface area contributed by atoms with E-state index >= 15 is 0 Å². The van der Waals surface area contributed by atoms with Gasteiger partial charge in [0.15, 0.2) is 0 Å². The Balaban J connectivity index is 1.23. The molecule has 0 aliphatic heterocycles. The van der Waals surface area contributed by atoms with E-state index in [0.717, 1.165) is 104 Å². The molecule has 0 N–H and O–H groups in total. The second-order valence-electron chi connectivity index (χ2n) is 14.9. The van der Waals surface area contributed by atoms with Crippen molar-refractivity contribution in [3.8, 4) is 22.9 Å². The first-order valence-electron chi connectivity index (χ1n) is 19.3. The molecule has 0 saturated heterocycles. The maximum atomic E-state index is 6.78. The van der Waals surface area contributed by atoms with Gasteiger partial charge in [-0.3, -0.25) is 4.57 Å². The summed E-state index contributed by atoms with van der Waals surface area (Å²) in [7, 11) is 0. The lowest BCUT2D eigenvalue weighted by atomic mass is 10.0. The van der Waals surface area contributed by atoms with Crippen molar-refractivity contribution in [2.45, 2.75) is 0 Å². The fourth-order valence-corrected chi connectivity index (χ4v) is 9.46. The van der Waals surface area contributed by atoms with Crippen molar-refractivity contribution in [3.05, 3.63) is 182 Å². The number of nitrogens with zero attached hydrogens (tertiary/aromatic N) is 4. The van der Waals surface area contributed by atoms with Crippen LogP contribution in [0.3, 0.4) is 0 Å². The van der Waals surface area contributed by atoms with Crippen LogP contribution >= 0.6 is 0 Å². The molecule has 0 amide bonds. The molecule has 13 aromatic rings. The van der Waals surface area contributed by atoms with Crippen molar-refractivity contribution >= 4 is 98.0 Å². The third-order valence-electron chi connectivity index (χ3n) is 11.9. The van der Waals surface area contributed by atoms with E-state index < -0.39 is 0 Å². The number of aromatic nitrogens is 4. The molecular formula is C52H30N4O. The summed E-state index contributed by atoms with van der Waals surface area (Å²) in [5.74, 6) is 0.635. The predicted octanol–water partition coefficient (Wildman–Crippen LogP) is 13.7. The van der Waals surface area contributed by atoms with Gasteiger partial charge in [0.25, 0.3) is 0 Å². The van der Waals surface area contributed by atoms with Gasteiger partial charge in [0, 0.05) is 48.7 Å². The number of para-hydroxylation sites is 2. The monoisotopic (exact) mass is 726 g/mol. The first-order chi connectivity index (χ1) is 28.3. The molecule has 0 spiro atoms. The van der Waals surface area contributed by atoms with Crippen LogP contribution in [-0.2, 0) is 0 Å². The third-order valence-corrected chi connectivity index (χ3v) is 11.9. The highest BCUT2D eigenvalue weighted by molar-refractivity contribution is 6.31. The Labute approximate surface area is 325 Å². The van der Waals surface area contributed by atoms with Crippen LogP contribution in [0.1, 0.15) is 0 Å². The molecule has 57 heavy (non-hydrogen) atoms. The smallest absolute Gasteiger partial charge is 0.235 e. The van der Waals surface area contributed by atoms with Gasteiger partial charge in [0.05, 0.1) is 44.4 Å². The van der Waals surface area contributed by atoms with Crippen LogP contribution in [-0.4, -0.2) is 19.1 Å². The number of furan rings is 1. The highest BCUT2D eigenvalue weighted by atomic mass is 16.3. The maximum absolute atomic E-state index is 6.78. The molecule has 4 heterocycles. The minimum Gasteiger partial charge on any atom is -0.455 e. The normalized spacial score (nSPS) is 12.2. The number of rotatable bonds is 3. The van der Waals surface area contributed by atoms with Gasteiger partial charge in [-0.1, -0.05) is 133 Å². The van der Waals surface area contributed by atoms with E-state index in [9.17, 15) is 0 Å². The zero-order chi connectivity index (χ0) is 37.2. The van der Waals surface area contributed by atoms with Crippen LogP contribution < -0.4 is 0 Å². The Morgan fingerprint density at radius 3 is 1.89 bits per heavy atom. The summed E-state index contributed by atoms with van der Waals surface area (Å²) in [6.07, 6.45) is 0. The van der Waals surface area contributed by atoms with Gasteiger partial charge in [-0.15, -0.1) is 0 Å². The second kappa shape index (κ2) is 11.4.